The first-order valence-corrected chi connectivity index (χ1v) is 9.95. The number of thiazole rings is 1. The number of imidazole rings is 1. The molecule has 0 bridgehead atoms. The van der Waals surface area contributed by atoms with Crippen molar-refractivity contribution >= 4 is 34.4 Å². The Morgan fingerprint density at radius 1 is 1.31 bits per heavy atom. The number of para-hydroxylation sites is 2. The summed E-state index contributed by atoms with van der Waals surface area (Å²) in [5, 5.41) is 0. The average Bonchev–Trinajstić information content (AvgIpc) is 3.33. The summed E-state index contributed by atoms with van der Waals surface area (Å²) in [6.45, 7) is 3.72. The van der Waals surface area contributed by atoms with Gasteiger partial charge in [0.15, 0.2) is 0 Å². The van der Waals surface area contributed by atoms with E-state index in [0.717, 1.165) is 48.6 Å². The zero-order chi connectivity index (χ0) is 17.9. The Bertz CT molecular complexity index is 921. The van der Waals surface area contributed by atoms with E-state index in [0.29, 0.717) is 6.04 Å². The van der Waals surface area contributed by atoms with E-state index in [2.05, 4.69) is 34.7 Å². The van der Waals surface area contributed by atoms with Crippen molar-refractivity contribution in [2.45, 2.75) is 32.2 Å². The molecule has 1 aliphatic heterocycles. The fraction of sp³-hybridized carbons (Fsp3) is 0.350. The van der Waals surface area contributed by atoms with Gasteiger partial charge in [-0.2, -0.15) is 0 Å². The molecule has 134 valence electrons. The Labute approximate surface area is 157 Å². The molecule has 0 radical (unpaired) electrons. The molecule has 0 unspecified atom stereocenters. The van der Waals surface area contributed by atoms with Crippen LogP contribution in [0.4, 0.5) is 0 Å². The number of likely N-dealkylation sites (tertiary alicyclic amines) is 1. The van der Waals surface area contributed by atoms with Crippen LogP contribution in [0.2, 0.25) is 0 Å². The van der Waals surface area contributed by atoms with Crippen LogP contribution in [0.1, 0.15) is 36.5 Å². The number of aromatic nitrogens is 3. The number of carbonyl (C=O) groups is 1. The summed E-state index contributed by atoms with van der Waals surface area (Å²) < 4.78 is 2.39. The van der Waals surface area contributed by atoms with Gasteiger partial charge >= 0.3 is 0 Å². The van der Waals surface area contributed by atoms with Crippen LogP contribution in [0, 0.1) is 0 Å². The maximum Gasteiger partial charge on any atom is 0.246 e. The zero-order valence-corrected chi connectivity index (χ0v) is 15.7. The lowest BCUT2D eigenvalue weighted by Crippen LogP contribution is -2.38. The number of hydrogen-bond donors (Lipinski definition) is 0. The summed E-state index contributed by atoms with van der Waals surface area (Å²) in [7, 11) is 0. The van der Waals surface area contributed by atoms with Crippen LogP contribution in [0.3, 0.4) is 0 Å². The van der Waals surface area contributed by atoms with Crippen molar-refractivity contribution in [1.82, 2.24) is 19.4 Å². The summed E-state index contributed by atoms with van der Waals surface area (Å²) >= 11 is 1.54. The van der Waals surface area contributed by atoms with Gasteiger partial charge in [-0.3, -0.25) is 9.78 Å². The third kappa shape index (κ3) is 3.29. The number of carbonyl (C=O) groups excluding carboxylic acids is 1. The number of hydrogen-bond acceptors (Lipinski definition) is 4. The molecule has 0 atom stereocenters. The SMILES string of the molecule is CCc1nc2ccccc2n1C1CCN(C(=O)C=Cc2cncs2)CC1. The third-order valence-electron chi connectivity index (χ3n) is 4.97. The lowest BCUT2D eigenvalue weighted by Gasteiger charge is -2.33. The van der Waals surface area contributed by atoms with Gasteiger partial charge in [0.1, 0.15) is 5.82 Å². The first-order chi connectivity index (χ1) is 12.8. The molecular formula is C20H22N4OS. The monoisotopic (exact) mass is 366 g/mol. The summed E-state index contributed by atoms with van der Waals surface area (Å²) in [4.78, 5) is 24.2. The third-order valence-corrected chi connectivity index (χ3v) is 5.71. The number of amides is 1. The van der Waals surface area contributed by atoms with Crippen molar-refractivity contribution in [1.29, 1.82) is 0 Å². The number of fused-ring (bicyclic) bond motifs is 1. The fourth-order valence-electron chi connectivity index (χ4n) is 3.66. The first kappa shape index (κ1) is 17.0. The van der Waals surface area contributed by atoms with E-state index >= 15 is 0 Å². The fourth-order valence-corrected chi connectivity index (χ4v) is 4.17. The number of nitrogens with zero attached hydrogens (tertiary/aromatic N) is 4. The van der Waals surface area contributed by atoms with Gasteiger partial charge in [-0.15, -0.1) is 11.3 Å². The van der Waals surface area contributed by atoms with E-state index in [1.807, 2.05) is 17.0 Å². The molecule has 0 spiro atoms. The normalized spacial score (nSPS) is 16.0. The first-order valence-electron chi connectivity index (χ1n) is 9.07. The highest BCUT2D eigenvalue weighted by Gasteiger charge is 2.25. The molecule has 0 N–H and O–H groups in total. The van der Waals surface area contributed by atoms with E-state index in [4.69, 9.17) is 4.98 Å². The van der Waals surface area contributed by atoms with Gasteiger partial charge in [0.25, 0.3) is 0 Å². The maximum absolute atomic E-state index is 12.4. The quantitative estimate of drug-likeness (QED) is 0.657. The molecule has 4 rings (SSSR count). The topological polar surface area (TPSA) is 51.0 Å². The molecule has 0 aliphatic carbocycles. The molecule has 1 aliphatic rings. The molecular weight excluding hydrogens is 344 g/mol. The van der Waals surface area contributed by atoms with Gasteiger partial charge in [-0.1, -0.05) is 19.1 Å². The van der Waals surface area contributed by atoms with Crippen molar-refractivity contribution in [2.24, 2.45) is 0 Å². The predicted molar refractivity (Wildman–Crippen MR) is 105 cm³/mol. The Hall–Kier alpha value is -2.47. The number of benzene rings is 1. The van der Waals surface area contributed by atoms with Gasteiger partial charge in [0, 0.05) is 42.7 Å². The number of piperidine rings is 1. The van der Waals surface area contributed by atoms with Gasteiger partial charge in [-0.25, -0.2) is 4.98 Å². The van der Waals surface area contributed by atoms with Gasteiger partial charge in [-0.05, 0) is 31.1 Å². The van der Waals surface area contributed by atoms with Crippen molar-refractivity contribution in [3.05, 3.63) is 52.8 Å². The molecule has 1 aromatic carbocycles. The Morgan fingerprint density at radius 3 is 2.85 bits per heavy atom. The molecule has 3 heterocycles. The van der Waals surface area contributed by atoms with Crippen molar-refractivity contribution in [3.8, 4) is 0 Å². The maximum atomic E-state index is 12.4. The van der Waals surface area contributed by atoms with Crippen LogP contribution in [-0.2, 0) is 11.2 Å². The van der Waals surface area contributed by atoms with E-state index in [1.54, 1.807) is 17.8 Å². The highest BCUT2D eigenvalue weighted by Crippen LogP contribution is 2.29. The van der Waals surface area contributed by atoms with Crippen LogP contribution < -0.4 is 0 Å². The highest BCUT2D eigenvalue weighted by atomic mass is 32.1. The lowest BCUT2D eigenvalue weighted by molar-refractivity contribution is -0.127. The Kier molecular flexibility index (Phi) is 4.84. The van der Waals surface area contributed by atoms with Crippen LogP contribution >= 0.6 is 11.3 Å². The Balaban J connectivity index is 1.46. The highest BCUT2D eigenvalue weighted by molar-refractivity contribution is 7.10. The van der Waals surface area contributed by atoms with Crippen LogP contribution in [-0.4, -0.2) is 38.4 Å². The molecule has 3 aromatic rings. The van der Waals surface area contributed by atoms with Crippen LogP contribution in [0.15, 0.2) is 42.0 Å². The second kappa shape index (κ2) is 7.41. The second-order valence-corrected chi connectivity index (χ2v) is 7.45. The molecule has 2 aromatic heterocycles. The average molecular weight is 366 g/mol. The van der Waals surface area contributed by atoms with Crippen molar-refractivity contribution < 1.29 is 4.79 Å². The molecule has 5 nitrogen and oxygen atoms in total. The van der Waals surface area contributed by atoms with E-state index < -0.39 is 0 Å². The summed E-state index contributed by atoms with van der Waals surface area (Å²) in [5.74, 6) is 1.23. The lowest BCUT2D eigenvalue weighted by atomic mass is 10.0. The number of aryl methyl sites for hydroxylation is 1. The number of rotatable bonds is 4. The van der Waals surface area contributed by atoms with Gasteiger partial charge < -0.3 is 9.47 Å². The zero-order valence-electron chi connectivity index (χ0n) is 14.8. The molecule has 0 saturated carbocycles. The van der Waals surface area contributed by atoms with E-state index in [-0.39, 0.29) is 5.91 Å². The smallest absolute Gasteiger partial charge is 0.246 e. The van der Waals surface area contributed by atoms with E-state index in [1.165, 1.54) is 16.9 Å². The van der Waals surface area contributed by atoms with E-state index in [9.17, 15) is 4.79 Å². The van der Waals surface area contributed by atoms with Crippen molar-refractivity contribution in [3.63, 3.8) is 0 Å². The minimum Gasteiger partial charge on any atom is -0.339 e. The van der Waals surface area contributed by atoms with Gasteiger partial charge in [0.05, 0.1) is 16.5 Å². The molecule has 1 fully saturated rings. The predicted octanol–water partition coefficient (Wildman–Crippen LogP) is 3.93. The minimum atomic E-state index is 0.0862. The molecule has 1 amide bonds. The molecule has 6 heteroatoms. The second-order valence-electron chi connectivity index (χ2n) is 6.53. The Morgan fingerprint density at radius 2 is 2.12 bits per heavy atom. The summed E-state index contributed by atoms with van der Waals surface area (Å²) in [6, 6.07) is 8.75. The standard InChI is InChI=1S/C20H22N4OS/c1-2-19-22-17-5-3-4-6-18(17)24(19)15-9-11-23(12-10-15)20(25)8-7-16-13-21-14-26-16/h3-8,13-15H,2,9-12H2,1H3. The minimum absolute atomic E-state index is 0.0862. The van der Waals surface area contributed by atoms with Crippen LogP contribution in [0.5, 0.6) is 0 Å². The van der Waals surface area contributed by atoms with Crippen LogP contribution in [0.25, 0.3) is 17.1 Å². The van der Waals surface area contributed by atoms with Crippen molar-refractivity contribution in [2.75, 3.05) is 13.1 Å². The summed E-state index contributed by atoms with van der Waals surface area (Å²) in [6.07, 6.45) is 8.14. The van der Waals surface area contributed by atoms with Gasteiger partial charge in [0.2, 0.25) is 5.91 Å². The summed E-state index contributed by atoms with van der Waals surface area (Å²) in [5.41, 5.74) is 4.05. The molecule has 1 saturated heterocycles. The largest absolute Gasteiger partial charge is 0.339 e. The molecule has 26 heavy (non-hydrogen) atoms.